The Morgan fingerprint density at radius 1 is 1.08 bits per heavy atom. The zero-order valence-corrected chi connectivity index (χ0v) is 7.52. The second-order valence-corrected chi connectivity index (χ2v) is 2.19. The Morgan fingerprint density at radius 2 is 1.77 bits per heavy atom. The molecule has 0 aliphatic carbocycles. The topological polar surface area (TPSA) is 89.8 Å². The van der Waals surface area contributed by atoms with Gasteiger partial charge in [0.05, 0.1) is 6.67 Å². The van der Waals surface area contributed by atoms with Crippen LogP contribution in [0.1, 0.15) is 13.8 Å². The van der Waals surface area contributed by atoms with Crippen molar-refractivity contribution < 1.29 is 0 Å². The number of aromatic amines is 2. The summed E-state index contributed by atoms with van der Waals surface area (Å²) in [7, 11) is 0. The Morgan fingerprint density at radius 3 is 2.46 bits per heavy atom. The number of H-pyrrole nitrogens is 2. The third kappa shape index (κ3) is 1.71. The Bertz CT molecular complexity index is 392. The molecule has 0 aromatic carbocycles. The first kappa shape index (κ1) is 9.37. The van der Waals surface area contributed by atoms with Crippen LogP contribution in [-0.2, 0) is 0 Å². The van der Waals surface area contributed by atoms with Crippen molar-refractivity contribution in [3.63, 3.8) is 0 Å². The largest absolute Gasteiger partial charge is 0.360 e. The van der Waals surface area contributed by atoms with Crippen LogP contribution >= 0.6 is 0 Å². The Labute approximate surface area is 74.4 Å². The lowest BCUT2D eigenvalue weighted by molar-refractivity contribution is 1.05. The number of fused-ring (bicyclic) bond motifs is 1. The van der Waals surface area contributed by atoms with Gasteiger partial charge in [0.25, 0.3) is 5.56 Å². The summed E-state index contributed by atoms with van der Waals surface area (Å²) in [5, 5.41) is 5.57. The number of anilines is 2. The lowest BCUT2D eigenvalue weighted by atomic mass is 10.5. The molecule has 0 atom stereocenters. The molecule has 0 radical (unpaired) electrons. The fourth-order valence-corrected chi connectivity index (χ4v) is 1.01. The van der Waals surface area contributed by atoms with Crippen molar-refractivity contribution in [1.29, 1.82) is 0 Å². The number of rotatable bonds is 0. The predicted octanol–water partition coefficient (Wildman–Crippen LogP) is -0.116. The first-order valence-corrected chi connectivity index (χ1v) is 4.12. The van der Waals surface area contributed by atoms with Gasteiger partial charge in [-0.1, -0.05) is 13.8 Å². The van der Waals surface area contributed by atoms with Crippen molar-refractivity contribution in [2.45, 2.75) is 13.8 Å². The second kappa shape index (κ2) is 3.79. The summed E-state index contributed by atoms with van der Waals surface area (Å²) < 4.78 is 0. The van der Waals surface area contributed by atoms with E-state index >= 15 is 0 Å². The van der Waals surface area contributed by atoms with E-state index in [4.69, 9.17) is 0 Å². The summed E-state index contributed by atoms with van der Waals surface area (Å²) >= 11 is 0. The van der Waals surface area contributed by atoms with Crippen LogP contribution in [0.25, 0.3) is 0 Å². The van der Waals surface area contributed by atoms with Crippen LogP contribution in [0.4, 0.5) is 11.5 Å². The van der Waals surface area contributed by atoms with Gasteiger partial charge in [0.2, 0.25) is 0 Å². The van der Waals surface area contributed by atoms with Gasteiger partial charge in [-0.15, -0.1) is 0 Å². The average Bonchev–Trinajstić information content (AvgIpc) is 2.55. The first-order chi connectivity index (χ1) is 6.27. The zero-order valence-electron chi connectivity index (χ0n) is 7.52. The quantitative estimate of drug-likeness (QED) is 0.452. The van der Waals surface area contributed by atoms with E-state index in [0.717, 1.165) is 0 Å². The van der Waals surface area contributed by atoms with E-state index < -0.39 is 11.2 Å². The van der Waals surface area contributed by atoms with E-state index in [0.29, 0.717) is 18.2 Å². The molecule has 0 bridgehead atoms. The summed E-state index contributed by atoms with van der Waals surface area (Å²) in [4.78, 5) is 26.2. The molecule has 0 amide bonds. The maximum Gasteiger partial charge on any atom is 0.327 e. The van der Waals surface area contributed by atoms with Crippen molar-refractivity contribution in [2.24, 2.45) is 0 Å². The molecule has 1 aromatic rings. The van der Waals surface area contributed by atoms with Gasteiger partial charge in [-0.05, 0) is 0 Å². The molecule has 0 saturated carbocycles. The molecule has 1 aliphatic rings. The smallest absolute Gasteiger partial charge is 0.327 e. The summed E-state index contributed by atoms with van der Waals surface area (Å²) in [6, 6.07) is 0. The van der Waals surface area contributed by atoms with Crippen LogP contribution in [0.3, 0.4) is 0 Å². The highest BCUT2D eigenvalue weighted by molar-refractivity contribution is 5.67. The molecule has 0 fully saturated rings. The van der Waals surface area contributed by atoms with Gasteiger partial charge in [0.15, 0.2) is 0 Å². The minimum Gasteiger partial charge on any atom is -0.360 e. The first-order valence-electron chi connectivity index (χ1n) is 4.12. The Kier molecular flexibility index (Phi) is 2.73. The monoisotopic (exact) mass is 184 g/mol. The van der Waals surface area contributed by atoms with Crippen molar-refractivity contribution in [3.8, 4) is 0 Å². The summed E-state index contributed by atoms with van der Waals surface area (Å²) in [5.41, 5.74) is -0.497. The normalized spacial score (nSPS) is 11.8. The maximum atomic E-state index is 11.0. The Balaban J connectivity index is 0.000000396. The molecule has 1 aliphatic heterocycles. The minimum absolute atomic E-state index is 0.393. The molecular weight excluding hydrogens is 172 g/mol. The molecular formula is C7H12N4O2. The number of aromatic nitrogens is 2. The SMILES string of the molecule is CC.O=c1[nH]c2c(c(=O)[nH]1)NCN2. The molecule has 0 spiro atoms. The average molecular weight is 184 g/mol. The minimum atomic E-state index is -0.495. The lowest BCUT2D eigenvalue weighted by Crippen LogP contribution is -2.22. The summed E-state index contributed by atoms with van der Waals surface area (Å²) in [5.74, 6) is 0.457. The highest BCUT2D eigenvalue weighted by atomic mass is 16.2. The van der Waals surface area contributed by atoms with Gasteiger partial charge in [0, 0.05) is 0 Å². The standard InChI is InChI=1S/C5H6N4O2.C2H6/c10-4-2-3(7-1-6-2)8-5(11)9-4;1-2/h6H,1H2,(H3,7,8,9,10,11);1-2H3. The van der Waals surface area contributed by atoms with Crippen LogP contribution in [0.5, 0.6) is 0 Å². The molecule has 2 rings (SSSR count). The van der Waals surface area contributed by atoms with Crippen molar-refractivity contribution in [2.75, 3.05) is 17.3 Å². The van der Waals surface area contributed by atoms with Gasteiger partial charge >= 0.3 is 5.69 Å². The lowest BCUT2D eigenvalue weighted by Gasteiger charge is -1.93. The number of hydrogen-bond acceptors (Lipinski definition) is 4. The summed E-state index contributed by atoms with van der Waals surface area (Å²) in [6.45, 7) is 4.47. The van der Waals surface area contributed by atoms with Crippen LogP contribution in [0.2, 0.25) is 0 Å². The van der Waals surface area contributed by atoms with E-state index in [1.807, 2.05) is 13.8 Å². The fourth-order valence-electron chi connectivity index (χ4n) is 1.01. The molecule has 6 nitrogen and oxygen atoms in total. The van der Waals surface area contributed by atoms with Gasteiger partial charge in [-0.3, -0.25) is 14.8 Å². The van der Waals surface area contributed by atoms with Crippen LogP contribution in [0, 0.1) is 0 Å². The third-order valence-corrected chi connectivity index (χ3v) is 1.47. The van der Waals surface area contributed by atoms with Gasteiger partial charge in [-0.25, -0.2) is 4.79 Å². The van der Waals surface area contributed by atoms with Gasteiger partial charge < -0.3 is 10.6 Å². The van der Waals surface area contributed by atoms with Crippen molar-refractivity contribution >= 4 is 11.5 Å². The fraction of sp³-hybridized carbons (Fsp3) is 0.429. The van der Waals surface area contributed by atoms with E-state index in [9.17, 15) is 9.59 Å². The van der Waals surface area contributed by atoms with Gasteiger partial charge in [-0.2, -0.15) is 0 Å². The summed E-state index contributed by atoms with van der Waals surface area (Å²) in [6.07, 6.45) is 0. The van der Waals surface area contributed by atoms with E-state index in [2.05, 4.69) is 20.6 Å². The highest BCUT2D eigenvalue weighted by Gasteiger charge is 2.12. The molecule has 72 valence electrons. The van der Waals surface area contributed by atoms with Crippen LogP contribution in [0.15, 0.2) is 9.59 Å². The van der Waals surface area contributed by atoms with E-state index in [1.54, 1.807) is 0 Å². The van der Waals surface area contributed by atoms with E-state index in [1.165, 1.54) is 0 Å². The van der Waals surface area contributed by atoms with Gasteiger partial charge in [0.1, 0.15) is 11.5 Å². The molecule has 0 saturated heterocycles. The molecule has 6 heteroatoms. The zero-order chi connectivity index (χ0) is 9.84. The molecule has 0 unspecified atom stereocenters. The maximum absolute atomic E-state index is 11.0. The number of nitrogens with one attached hydrogen (secondary N) is 4. The molecule has 2 heterocycles. The van der Waals surface area contributed by atoms with E-state index in [-0.39, 0.29) is 0 Å². The third-order valence-electron chi connectivity index (χ3n) is 1.47. The van der Waals surface area contributed by atoms with Crippen LogP contribution in [-0.4, -0.2) is 16.6 Å². The number of hydrogen-bond donors (Lipinski definition) is 4. The van der Waals surface area contributed by atoms with Crippen molar-refractivity contribution in [1.82, 2.24) is 9.97 Å². The predicted molar refractivity (Wildman–Crippen MR) is 51.1 cm³/mol. The van der Waals surface area contributed by atoms with Crippen molar-refractivity contribution in [3.05, 3.63) is 20.8 Å². The Hall–Kier alpha value is -1.72. The highest BCUT2D eigenvalue weighted by Crippen LogP contribution is 2.14. The molecule has 13 heavy (non-hydrogen) atoms. The molecule has 4 N–H and O–H groups in total. The molecule has 1 aromatic heterocycles. The second-order valence-electron chi connectivity index (χ2n) is 2.19. The van der Waals surface area contributed by atoms with Crippen LogP contribution < -0.4 is 21.9 Å².